The van der Waals surface area contributed by atoms with E-state index in [4.69, 9.17) is 4.74 Å². The number of thioether (sulfide) groups is 1. The average molecular weight is 402 g/mol. The highest BCUT2D eigenvalue weighted by molar-refractivity contribution is 9.10. The van der Waals surface area contributed by atoms with Gasteiger partial charge in [0.25, 0.3) is 5.91 Å². The van der Waals surface area contributed by atoms with Gasteiger partial charge in [0.15, 0.2) is 10.9 Å². The molecule has 2 rings (SSSR count). The predicted molar refractivity (Wildman–Crippen MR) is 94.0 cm³/mol. The number of halogens is 1. The minimum atomic E-state index is -0.248. The fourth-order valence-corrected chi connectivity index (χ4v) is 3.63. The number of ether oxygens (including phenoxy) is 1. The first-order chi connectivity index (χ1) is 10.5. The van der Waals surface area contributed by atoms with E-state index in [2.05, 4.69) is 31.4 Å². The van der Waals surface area contributed by atoms with Crippen molar-refractivity contribution in [3.05, 3.63) is 27.7 Å². The van der Waals surface area contributed by atoms with Crippen LogP contribution in [0.25, 0.3) is 0 Å². The molecule has 22 heavy (non-hydrogen) atoms. The molecule has 5 nitrogen and oxygen atoms in total. The zero-order valence-corrected chi connectivity index (χ0v) is 15.7. The number of hydrogen-bond donors (Lipinski definition) is 1. The van der Waals surface area contributed by atoms with Gasteiger partial charge < -0.3 is 4.74 Å². The van der Waals surface area contributed by atoms with E-state index in [-0.39, 0.29) is 12.5 Å². The van der Waals surface area contributed by atoms with Crippen LogP contribution in [0.3, 0.4) is 0 Å². The monoisotopic (exact) mass is 401 g/mol. The molecule has 0 radical (unpaired) electrons. The van der Waals surface area contributed by atoms with Crippen molar-refractivity contribution in [2.24, 2.45) is 0 Å². The molecular weight excluding hydrogens is 386 g/mol. The van der Waals surface area contributed by atoms with Crippen molar-refractivity contribution >= 4 is 50.1 Å². The summed E-state index contributed by atoms with van der Waals surface area (Å²) < 4.78 is 7.43. The summed E-state index contributed by atoms with van der Waals surface area (Å²) in [6.45, 7) is 5.95. The highest BCUT2D eigenvalue weighted by atomic mass is 79.9. The lowest BCUT2D eigenvalue weighted by atomic mass is 10.1. The summed E-state index contributed by atoms with van der Waals surface area (Å²) in [4.78, 5) is 11.9. The number of benzene rings is 1. The number of carbonyl (C=O) groups is 1. The fraction of sp³-hybridized carbons (Fsp3) is 0.357. The predicted octanol–water partition coefficient (Wildman–Crippen LogP) is 4.05. The highest BCUT2D eigenvalue weighted by Crippen LogP contribution is 2.27. The van der Waals surface area contributed by atoms with Crippen LogP contribution >= 0.6 is 39.0 Å². The average Bonchev–Trinajstić information content (AvgIpc) is 2.90. The number of hydrogen-bond acceptors (Lipinski definition) is 6. The molecule has 118 valence electrons. The largest absolute Gasteiger partial charge is 0.484 e. The van der Waals surface area contributed by atoms with Crippen molar-refractivity contribution in [1.29, 1.82) is 0 Å². The molecule has 1 N–H and O–H groups in total. The van der Waals surface area contributed by atoms with Crippen LogP contribution in [0.15, 0.2) is 20.9 Å². The number of amides is 1. The van der Waals surface area contributed by atoms with Crippen LogP contribution in [-0.2, 0) is 4.79 Å². The molecule has 0 fully saturated rings. The molecule has 8 heteroatoms. The van der Waals surface area contributed by atoms with E-state index in [1.165, 1.54) is 11.3 Å². The first-order valence-corrected chi connectivity index (χ1v) is 9.24. The summed E-state index contributed by atoms with van der Waals surface area (Å²) in [5, 5.41) is 11.1. The molecule has 2 aromatic rings. The van der Waals surface area contributed by atoms with Gasteiger partial charge in [-0.25, -0.2) is 0 Å². The highest BCUT2D eigenvalue weighted by Gasteiger charge is 2.10. The summed E-state index contributed by atoms with van der Waals surface area (Å²) in [5.41, 5.74) is 2.14. The van der Waals surface area contributed by atoms with Gasteiger partial charge in [-0.1, -0.05) is 46.0 Å². The normalized spacial score (nSPS) is 10.5. The van der Waals surface area contributed by atoms with Crippen molar-refractivity contribution in [3.63, 3.8) is 0 Å². The number of nitrogens with one attached hydrogen (secondary N) is 1. The van der Waals surface area contributed by atoms with Gasteiger partial charge in [-0.3, -0.25) is 10.1 Å². The standard InChI is InChI=1S/C14H16BrN3O2S2/c1-4-21-14-18-17-13(22-14)16-11(19)7-20-10-5-8(2)12(15)9(3)6-10/h5-6H,4,7H2,1-3H3,(H,16,17,19). The second-order valence-corrected chi connectivity index (χ2v) is 7.80. The van der Waals surface area contributed by atoms with Crippen molar-refractivity contribution in [2.75, 3.05) is 17.7 Å². The van der Waals surface area contributed by atoms with Gasteiger partial charge in [-0.2, -0.15) is 0 Å². The fourth-order valence-electron chi connectivity index (χ4n) is 1.74. The summed E-state index contributed by atoms with van der Waals surface area (Å²) >= 11 is 6.46. The lowest BCUT2D eigenvalue weighted by molar-refractivity contribution is -0.118. The molecular formula is C14H16BrN3O2S2. The Morgan fingerprint density at radius 3 is 2.68 bits per heavy atom. The minimum Gasteiger partial charge on any atom is -0.484 e. The molecule has 0 aliphatic carbocycles. The van der Waals surface area contributed by atoms with Gasteiger partial charge >= 0.3 is 0 Å². The summed E-state index contributed by atoms with van der Waals surface area (Å²) in [5.74, 6) is 1.35. The van der Waals surface area contributed by atoms with Crippen molar-refractivity contribution < 1.29 is 9.53 Å². The van der Waals surface area contributed by atoms with Crippen LogP contribution in [0.5, 0.6) is 5.75 Å². The Kier molecular flexibility index (Phi) is 6.22. The maximum Gasteiger partial charge on any atom is 0.264 e. The number of aromatic nitrogens is 2. The smallest absolute Gasteiger partial charge is 0.264 e. The molecule has 0 aliphatic heterocycles. The number of carbonyl (C=O) groups excluding carboxylic acids is 1. The third kappa shape index (κ3) is 4.69. The molecule has 0 saturated carbocycles. The lowest BCUT2D eigenvalue weighted by Gasteiger charge is -2.09. The lowest BCUT2D eigenvalue weighted by Crippen LogP contribution is -2.20. The summed E-state index contributed by atoms with van der Waals surface area (Å²) in [6, 6.07) is 3.79. The molecule has 1 aromatic carbocycles. The van der Waals surface area contributed by atoms with E-state index in [1.54, 1.807) is 11.8 Å². The van der Waals surface area contributed by atoms with E-state index >= 15 is 0 Å². The Labute approximate surface area is 146 Å². The zero-order chi connectivity index (χ0) is 16.1. The third-order valence-corrected chi connectivity index (χ3v) is 5.81. The molecule has 1 amide bonds. The van der Waals surface area contributed by atoms with Crippen LogP contribution < -0.4 is 10.1 Å². The third-order valence-electron chi connectivity index (χ3n) is 2.70. The van der Waals surface area contributed by atoms with Crippen LogP contribution in [0, 0.1) is 13.8 Å². The summed E-state index contributed by atoms with van der Waals surface area (Å²) in [7, 11) is 0. The van der Waals surface area contributed by atoms with Crippen LogP contribution in [0.2, 0.25) is 0 Å². The van der Waals surface area contributed by atoms with Crippen LogP contribution in [0.4, 0.5) is 5.13 Å². The van der Waals surface area contributed by atoms with Gasteiger partial charge in [0.2, 0.25) is 5.13 Å². The Bertz CT molecular complexity index is 653. The van der Waals surface area contributed by atoms with Crippen LogP contribution in [0.1, 0.15) is 18.1 Å². The molecule has 0 bridgehead atoms. The first-order valence-electron chi connectivity index (χ1n) is 6.65. The molecule has 0 aliphatic rings. The number of aryl methyl sites for hydroxylation is 2. The Hall–Kier alpha value is -1.12. The van der Waals surface area contributed by atoms with Gasteiger partial charge in [0.05, 0.1) is 0 Å². The van der Waals surface area contributed by atoms with E-state index < -0.39 is 0 Å². The Morgan fingerprint density at radius 1 is 1.36 bits per heavy atom. The van der Waals surface area contributed by atoms with E-state index in [9.17, 15) is 4.79 Å². The molecule has 1 aromatic heterocycles. The van der Waals surface area contributed by atoms with Gasteiger partial charge in [-0.05, 0) is 42.9 Å². The quantitative estimate of drug-likeness (QED) is 0.584. The summed E-state index contributed by atoms with van der Waals surface area (Å²) in [6.07, 6.45) is 0. The topological polar surface area (TPSA) is 64.1 Å². The second-order valence-electron chi connectivity index (χ2n) is 4.51. The maximum atomic E-state index is 11.9. The molecule has 1 heterocycles. The first kappa shape index (κ1) is 17.2. The number of nitrogens with zero attached hydrogens (tertiary/aromatic N) is 2. The van der Waals surface area contributed by atoms with E-state index in [0.29, 0.717) is 10.9 Å². The Morgan fingerprint density at radius 2 is 2.05 bits per heavy atom. The SMILES string of the molecule is CCSc1nnc(NC(=O)COc2cc(C)c(Br)c(C)c2)s1. The molecule has 0 spiro atoms. The number of rotatable bonds is 6. The van der Waals surface area contributed by atoms with Crippen LogP contribution in [-0.4, -0.2) is 28.5 Å². The van der Waals surface area contributed by atoms with Gasteiger partial charge in [0, 0.05) is 4.47 Å². The maximum absolute atomic E-state index is 11.9. The van der Waals surface area contributed by atoms with Crippen molar-refractivity contribution in [3.8, 4) is 5.75 Å². The van der Waals surface area contributed by atoms with E-state index in [0.717, 1.165) is 25.7 Å². The Balaban J connectivity index is 1.89. The molecule has 0 atom stereocenters. The van der Waals surface area contributed by atoms with E-state index in [1.807, 2.05) is 32.9 Å². The van der Waals surface area contributed by atoms with Gasteiger partial charge in [-0.15, -0.1) is 10.2 Å². The minimum absolute atomic E-state index is 0.0592. The van der Waals surface area contributed by atoms with Crippen molar-refractivity contribution in [1.82, 2.24) is 10.2 Å². The zero-order valence-electron chi connectivity index (χ0n) is 12.5. The number of anilines is 1. The molecule has 0 unspecified atom stereocenters. The second kappa shape index (κ2) is 7.94. The van der Waals surface area contributed by atoms with Crippen molar-refractivity contribution in [2.45, 2.75) is 25.1 Å². The van der Waals surface area contributed by atoms with Gasteiger partial charge in [0.1, 0.15) is 5.75 Å². The molecule has 0 saturated heterocycles.